The van der Waals surface area contributed by atoms with Crippen molar-refractivity contribution >= 4 is 53.9 Å². The second-order valence-electron chi connectivity index (χ2n) is 21.1. The third-order valence-corrected chi connectivity index (χ3v) is 15.8. The third kappa shape index (κ3) is 10.0. The molecule has 0 saturated carbocycles. The molecule has 0 aliphatic rings. The molecule has 0 bridgehead atoms. The molecular weight excluding hydrogens is 1050 g/mol. The highest BCUT2D eigenvalue weighted by Crippen LogP contribution is 2.39. The zero-order valence-corrected chi connectivity index (χ0v) is 46.4. The molecule has 12 aromatic carbocycles. The van der Waals surface area contributed by atoms with Gasteiger partial charge in [0.1, 0.15) is 5.69 Å². The zero-order valence-electron chi connectivity index (χ0n) is 46.4. The van der Waals surface area contributed by atoms with Gasteiger partial charge in [0.15, 0.2) is 34.9 Å². The van der Waals surface area contributed by atoms with Crippen LogP contribution in [-0.4, -0.2) is 39.9 Å². The van der Waals surface area contributed by atoms with Crippen LogP contribution in [0.1, 0.15) is 0 Å². The van der Waals surface area contributed by atoms with Crippen LogP contribution in [-0.2, 0) is 0 Å². The van der Waals surface area contributed by atoms with Crippen LogP contribution in [0.2, 0.25) is 0 Å². The highest BCUT2D eigenvalue weighted by Gasteiger charge is 2.20. The molecule has 402 valence electrons. The van der Waals surface area contributed by atoms with Crippen LogP contribution in [0, 0.1) is 0 Å². The number of aromatic nitrogens is 8. The smallest absolute Gasteiger partial charge is 0.182 e. The zero-order chi connectivity index (χ0) is 57.2. The number of rotatable bonds is 9. The Hall–Kier alpha value is -11.7. The van der Waals surface area contributed by atoms with Gasteiger partial charge in [-0.25, -0.2) is 29.9 Å². The van der Waals surface area contributed by atoms with Crippen LogP contribution in [0.3, 0.4) is 0 Å². The Morgan fingerprint density at radius 3 is 1.08 bits per heavy atom. The molecule has 0 atom stereocenters. The highest BCUT2D eigenvalue weighted by atomic mass is 15.1. The Labute approximate surface area is 496 Å². The maximum atomic E-state index is 5.22. The van der Waals surface area contributed by atoms with Gasteiger partial charge in [-0.3, -0.25) is 9.97 Å². The molecule has 8 heteroatoms. The van der Waals surface area contributed by atoms with Crippen molar-refractivity contribution in [2.45, 2.75) is 0 Å². The fraction of sp³-hybridized carbons (Fsp3) is 0. The van der Waals surface area contributed by atoms with E-state index >= 15 is 0 Å². The van der Waals surface area contributed by atoms with Gasteiger partial charge in [-0.05, 0) is 100 Å². The molecule has 0 unspecified atom stereocenters. The van der Waals surface area contributed by atoms with E-state index in [-0.39, 0.29) is 0 Å². The van der Waals surface area contributed by atoms with E-state index in [1.165, 1.54) is 21.9 Å². The quantitative estimate of drug-likeness (QED) is 0.132. The average Bonchev–Trinajstić information content (AvgIpc) is 1.53. The maximum Gasteiger partial charge on any atom is 0.182 e. The molecule has 0 aliphatic carbocycles. The number of hydrogen-bond donors (Lipinski definition) is 0. The number of fused-ring (bicyclic) bond motifs is 7. The van der Waals surface area contributed by atoms with Gasteiger partial charge < -0.3 is 0 Å². The standard InChI is InChI=1S/C41H25N5.C37H25N3/c1-3-13-30-26(10-1)22-36(34-17-7-5-15-32(30)34)39-44-40(37-23-27-11-2-4-14-31(27)33-16-6-8-18-35(33)37)46-41(45-39)38-20-19-29(25-43-38)28-12-9-21-42-24-28;1-3-10-26(11-4-1)28-18-22-31(23-19-28)35-38-36(32-24-20-29(21-25-32)27-12-5-2-6-13-27)40-37(39-35)34-17-9-15-30-14-7-8-16-33(30)34/h1-25H;1-25H. The van der Waals surface area contributed by atoms with Gasteiger partial charge in [-0.1, -0.05) is 261 Å². The van der Waals surface area contributed by atoms with Gasteiger partial charge in [-0.15, -0.1) is 0 Å². The fourth-order valence-electron chi connectivity index (χ4n) is 11.5. The first-order valence-corrected chi connectivity index (χ1v) is 28.6. The van der Waals surface area contributed by atoms with Crippen LogP contribution >= 0.6 is 0 Å². The summed E-state index contributed by atoms with van der Waals surface area (Å²) in [4.78, 5) is 39.5. The Morgan fingerprint density at radius 1 is 0.198 bits per heavy atom. The van der Waals surface area contributed by atoms with Crippen LogP contribution in [0.4, 0.5) is 0 Å². The minimum absolute atomic E-state index is 0.521. The topological polar surface area (TPSA) is 103 Å². The summed E-state index contributed by atoms with van der Waals surface area (Å²) in [6, 6.07) is 98.4. The lowest BCUT2D eigenvalue weighted by Gasteiger charge is -2.14. The first-order chi connectivity index (χ1) is 42.6. The molecule has 0 saturated heterocycles. The van der Waals surface area contributed by atoms with E-state index in [2.05, 4.69) is 254 Å². The third-order valence-electron chi connectivity index (χ3n) is 15.8. The minimum Gasteiger partial charge on any atom is -0.264 e. The molecule has 4 heterocycles. The molecule has 4 aromatic heterocycles. The second kappa shape index (κ2) is 22.5. The highest BCUT2D eigenvalue weighted by molar-refractivity contribution is 6.15. The first kappa shape index (κ1) is 51.2. The van der Waals surface area contributed by atoms with Crippen molar-refractivity contribution < 1.29 is 0 Å². The maximum absolute atomic E-state index is 5.22. The van der Waals surface area contributed by atoms with Gasteiger partial charge >= 0.3 is 0 Å². The molecule has 0 radical (unpaired) electrons. The lowest BCUT2D eigenvalue weighted by atomic mass is 9.96. The summed E-state index contributed by atoms with van der Waals surface area (Å²) in [6.07, 6.45) is 5.46. The van der Waals surface area contributed by atoms with Crippen molar-refractivity contribution in [3.63, 3.8) is 0 Å². The van der Waals surface area contributed by atoms with E-state index in [0.29, 0.717) is 40.6 Å². The summed E-state index contributed by atoms with van der Waals surface area (Å²) in [7, 11) is 0. The Kier molecular flexibility index (Phi) is 13.4. The van der Waals surface area contributed by atoms with Gasteiger partial charge in [0.2, 0.25) is 0 Å². The second-order valence-corrected chi connectivity index (χ2v) is 21.1. The van der Waals surface area contributed by atoms with Gasteiger partial charge in [0.05, 0.1) is 0 Å². The summed E-state index contributed by atoms with van der Waals surface area (Å²) < 4.78 is 0. The molecule has 16 rings (SSSR count). The molecule has 8 nitrogen and oxygen atoms in total. The lowest BCUT2D eigenvalue weighted by Crippen LogP contribution is -2.02. The predicted octanol–water partition coefficient (Wildman–Crippen LogP) is 19.3. The van der Waals surface area contributed by atoms with E-state index in [9.17, 15) is 0 Å². The van der Waals surface area contributed by atoms with Crippen molar-refractivity contribution in [3.05, 3.63) is 304 Å². The molecule has 0 amide bonds. The van der Waals surface area contributed by atoms with Gasteiger partial charge in [-0.2, -0.15) is 0 Å². The van der Waals surface area contributed by atoms with Crippen molar-refractivity contribution in [2.24, 2.45) is 0 Å². The van der Waals surface area contributed by atoms with E-state index in [0.717, 1.165) is 93.2 Å². The van der Waals surface area contributed by atoms with Crippen molar-refractivity contribution in [1.82, 2.24) is 39.9 Å². The summed E-state index contributed by atoms with van der Waals surface area (Å²) in [5, 5.41) is 11.4. The lowest BCUT2D eigenvalue weighted by molar-refractivity contribution is 1.06. The Balaban J connectivity index is 0.000000147. The SMILES string of the molecule is c1ccc(-c2ccc(-c3nc(-c4ccc(-c5ccccc5)cc4)nc(-c4cccc5ccccc45)n3)cc2)cc1.c1cncc(-c2ccc(-c3nc(-c4cc5ccccc5c5ccccc45)nc(-c4cc5ccccc5c5ccccc45)n3)nc2)c1. The number of benzene rings is 12. The summed E-state index contributed by atoms with van der Waals surface area (Å²) in [6.45, 7) is 0. The van der Waals surface area contributed by atoms with Gasteiger partial charge in [0, 0.05) is 57.5 Å². The minimum atomic E-state index is 0.521. The van der Waals surface area contributed by atoms with Crippen molar-refractivity contribution in [3.8, 4) is 102 Å². The Bertz CT molecular complexity index is 4890. The largest absolute Gasteiger partial charge is 0.264 e. The molecule has 16 aromatic rings. The van der Waals surface area contributed by atoms with Crippen LogP contribution in [0.25, 0.3) is 156 Å². The summed E-state index contributed by atoms with van der Waals surface area (Å²) in [5.74, 6) is 3.71. The molecule has 0 N–H and O–H groups in total. The predicted molar refractivity (Wildman–Crippen MR) is 352 cm³/mol. The van der Waals surface area contributed by atoms with Crippen LogP contribution in [0.15, 0.2) is 304 Å². The average molecular weight is 1100 g/mol. The van der Waals surface area contributed by atoms with E-state index in [4.69, 9.17) is 34.9 Å². The van der Waals surface area contributed by atoms with E-state index in [1.54, 1.807) is 6.20 Å². The van der Waals surface area contributed by atoms with Crippen LogP contribution < -0.4 is 0 Å². The Morgan fingerprint density at radius 2 is 0.570 bits per heavy atom. The normalized spacial score (nSPS) is 11.3. The number of hydrogen-bond acceptors (Lipinski definition) is 8. The molecule has 0 fully saturated rings. The molecule has 86 heavy (non-hydrogen) atoms. The monoisotopic (exact) mass is 1100 g/mol. The van der Waals surface area contributed by atoms with E-state index < -0.39 is 0 Å². The summed E-state index contributed by atoms with van der Waals surface area (Å²) >= 11 is 0. The van der Waals surface area contributed by atoms with Gasteiger partial charge in [0.25, 0.3) is 0 Å². The number of pyridine rings is 2. The molecule has 0 spiro atoms. The fourth-order valence-corrected chi connectivity index (χ4v) is 11.5. The molecule has 0 aliphatic heterocycles. The van der Waals surface area contributed by atoms with Crippen molar-refractivity contribution in [2.75, 3.05) is 0 Å². The summed E-state index contributed by atoms with van der Waals surface area (Å²) in [5.41, 5.74) is 12.1. The first-order valence-electron chi connectivity index (χ1n) is 28.6. The number of nitrogens with zero attached hydrogens (tertiary/aromatic N) is 8. The van der Waals surface area contributed by atoms with E-state index in [1.807, 2.05) is 48.8 Å². The molecular formula is C78H50N8. The van der Waals surface area contributed by atoms with Crippen LogP contribution in [0.5, 0.6) is 0 Å². The van der Waals surface area contributed by atoms with Crippen molar-refractivity contribution in [1.29, 1.82) is 0 Å².